The van der Waals surface area contributed by atoms with Gasteiger partial charge in [0, 0.05) is 17.4 Å². The van der Waals surface area contributed by atoms with Crippen LogP contribution in [0.2, 0.25) is 0 Å². The number of nitrogens with one attached hydrogen (secondary N) is 1. The van der Waals surface area contributed by atoms with Gasteiger partial charge in [0.2, 0.25) is 0 Å². The lowest BCUT2D eigenvalue weighted by molar-refractivity contribution is 0.506. The van der Waals surface area contributed by atoms with Crippen molar-refractivity contribution in [2.45, 2.75) is 26.3 Å². The number of nitrogens with zero attached hydrogens (tertiary/aromatic N) is 2. The van der Waals surface area contributed by atoms with Gasteiger partial charge in [0.25, 0.3) is 4.38 Å². The molecule has 0 bridgehead atoms. The molecule has 0 amide bonds. The Bertz CT molecular complexity index is 367. The molecule has 0 aromatic rings. The summed E-state index contributed by atoms with van der Waals surface area (Å²) in [5, 5.41) is 4.12. The Balaban J connectivity index is 4.19. The van der Waals surface area contributed by atoms with Crippen molar-refractivity contribution in [1.82, 2.24) is 5.43 Å². The van der Waals surface area contributed by atoms with E-state index in [-0.39, 0.29) is 6.04 Å². The van der Waals surface area contributed by atoms with Crippen LogP contribution in [-0.2, 0) is 11.2 Å². The third-order valence-corrected chi connectivity index (χ3v) is 5.06. The Morgan fingerprint density at radius 3 is 2.65 bits per heavy atom. The summed E-state index contributed by atoms with van der Waals surface area (Å²) in [6, 6.07) is 0.121. The Morgan fingerprint density at radius 1 is 1.50 bits per heavy atom. The molecule has 0 aromatic carbocycles. The maximum Gasteiger partial charge on any atom is 0.274 e. The van der Waals surface area contributed by atoms with Gasteiger partial charge in [0.15, 0.2) is 0 Å². The zero-order valence-electron chi connectivity index (χ0n) is 12.8. The molecule has 114 valence electrons. The van der Waals surface area contributed by atoms with Crippen molar-refractivity contribution in [2.75, 3.05) is 19.1 Å². The third kappa shape index (κ3) is 8.45. The van der Waals surface area contributed by atoms with E-state index in [1.54, 1.807) is 12.3 Å². The maximum absolute atomic E-state index is 11.4. The van der Waals surface area contributed by atoms with Crippen LogP contribution in [0.15, 0.2) is 34.9 Å². The highest BCUT2D eigenvalue weighted by molar-refractivity contribution is 8.34. The summed E-state index contributed by atoms with van der Waals surface area (Å²) >= 11 is 0.438. The fourth-order valence-electron chi connectivity index (χ4n) is 1.24. The van der Waals surface area contributed by atoms with Crippen LogP contribution in [0.25, 0.3) is 0 Å². The van der Waals surface area contributed by atoms with E-state index in [0.717, 1.165) is 12.0 Å². The van der Waals surface area contributed by atoms with Crippen LogP contribution in [0.5, 0.6) is 0 Å². The van der Waals surface area contributed by atoms with E-state index in [1.165, 1.54) is 11.8 Å². The molecule has 20 heavy (non-hydrogen) atoms. The molecule has 0 saturated carbocycles. The number of hydrazone groups is 1. The quantitative estimate of drug-likeness (QED) is 0.246. The average molecular weight is 316 g/mol. The first-order chi connectivity index (χ1) is 9.42. The minimum absolute atomic E-state index is 0.121. The molecule has 0 aliphatic carbocycles. The molecule has 0 spiro atoms. The predicted octanol–water partition coefficient (Wildman–Crippen LogP) is 2.82. The van der Waals surface area contributed by atoms with Gasteiger partial charge in [0.1, 0.15) is 6.26 Å². The second kappa shape index (κ2) is 11.0. The largest absolute Gasteiger partial charge is 0.610 e. The monoisotopic (exact) mass is 315 g/mol. The molecule has 0 aromatic heterocycles. The Labute approximate surface area is 130 Å². The lowest BCUT2D eigenvalue weighted by Gasteiger charge is -2.15. The van der Waals surface area contributed by atoms with Gasteiger partial charge in [-0.3, -0.25) is 0 Å². The van der Waals surface area contributed by atoms with Gasteiger partial charge in [-0.15, -0.1) is 0 Å². The molecule has 0 fully saturated rings. The van der Waals surface area contributed by atoms with E-state index in [9.17, 15) is 4.55 Å². The fourth-order valence-corrected chi connectivity index (χ4v) is 2.76. The van der Waals surface area contributed by atoms with E-state index in [4.69, 9.17) is 0 Å². The summed E-state index contributed by atoms with van der Waals surface area (Å²) in [6.07, 6.45) is 7.92. The first-order valence-corrected chi connectivity index (χ1v) is 9.20. The second-order valence-electron chi connectivity index (χ2n) is 4.52. The highest BCUT2D eigenvalue weighted by Crippen LogP contribution is 2.14. The van der Waals surface area contributed by atoms with E-state index >= 15 is 0 Å². The van der Waals surface area contributed by atoms with E-state index in [1.807, 2.05) is 19.4 Å². The highest BCUT2D eigenvalue weighted by atomic mass is 32.3. The molecule has 0 heterocycles. The first kappa shape index (κ1) is 19.3. The lowest BCUT2D eigenvalue weighted by Crippen LogP contribution is -2.18. The normalized spacial score (nSPS) is 16.8. The maximum atomic E-state index is 11.4. The molecular formula is C14H25N3OS2. The third-order valence-electron chi connectivity index (χ3n) is 2.81. The average Bonchev–Trinajstić information content (AvgIpc) is 2.42. The fraction of sp³-hybridized carbons (Fsp3) is 0.571. The van der Waals surface area contributed by atoms with Crippen molar-refractivity contribution in [3.05, 3.63) is 24.8 Å². The van der Waals surface area contributed by atoms with E-state index in [0.29, 0.717) is 16.8 Å². The van der Waals surface area contributed by atoms with Gasteiger partial charge >= 0.3 is 0 Å². The highest BCUT2D eigenvalue weighted by Gasteiger charge is 2.15. The Hall–Kier alpha value is -0.720. The number of rotatable bonds is 8. The van der Waals surface area contributed by atoms with Crippen LogP contribution in [0.4, 0.5) is 0 Å². The second-order valence-corrected chi connectivity index (χ2v) is 6.86. The Morgan fingerprint density at radius 2 is 2.15 bits per heavy atom. The van der Waals surface area contributed by atoms with Crippen LogP contribution < -0.4 is 5.43 Å². The molecule has 0 aliphatic heterocycles. The number of hydrogen-bond donors (Lipinski definition) is 1. The van der Waals surface area contributed by atoms with Crippen LogP contribution >= 0.6 is 11.8 Å². The van der Waals surface area contributed by atoms with Gasteiger partial charge in [-0.05, 0) is 31.1 Å². The molecule has 3 atom stereocenters. The van der Waals surface area contributed by atoms with Gasteiger partial charge in [-0.2, -0.15) is 5.10 Å². The molecule has 4 nitrogen and oxygen atoms in total. The summed E-state index contributed by atoms with van der Waals surface area (Å²) in [6.45, 7) is 12.2. The van der Waals surface area contributed by atoms with E-state index in [2.05, 4.69) is 35.6 Å². The number of hydrogen-bond acceptors (Lipinski definition) is 5. The molecule has 1 N–H and O–H groups in total. The molecule has 0 saturated heterocycles. The minimum atomic E-state index is -1.01. The topological polar surface area (TPSA) is 59.8 Å². The van der Waals surface area contributed by atoms with Gasteiger partial charge in [0.05, 0.1) is 12.6 Å². The van der Waals surface area contributed by atoms with Crippen molar-refractivity contribution in [3.8, 4) is 0 Å². The summed E-state index contributed by atoms with van der Waals surface area (Å²) in [4.78, 5) is 4.50. The van der Waals surface area contributed by atoms with Gasteiger partial charge in [-0.1, -0.05) is 37.9 Å². The zero-order valence-corrected chi connectivity index (χ0v) is 14.4. The standard InChI is InChI=1S/C14H25N3OS2/c1-7-11(2)10-16-15-9-8-12(3)13(4)17-14(19-5)20(6)18/h7,9,12-13,16H,1-2,8,10H2,3-6H3/b15-9-,17-14+/t12-,13?,20?/m0/s1. The summed E-state index contributed by atoms with van der Waals surface area (Å²) in [5.41, 5.74) is 3.82. The van der Waals surface area contributed by atoms with Crippen LogP contribution in [0, 0.1) is 5.92 Å². The SMILES string of the molecule is C=CC(=C)CN/N=C\C[C@H](C)C(C)/N=C(\SC)[S+](C)[O-]. The predicted molar refractivity (Wildman–Crippen MR) is 94.1 cm³/mol. The minimum Gasteiger partial charge on any atom is -0.610 e. The van der Waals surface area contributed by atoms with Crippen molar-refractivity contribution in [1.29, 1.82) is 0 Å². The van der Waals surface area contributed by atoms with Crippen molar-refractivity contribution >= 4 is 33.5 Å². The van der Waals surface area contributed by atoms with Crippen LogP contribution in [0.1, 0.15) is 20.3 Å². The molecule has 0 radical (unpaired) electrons. The van der Waals surface area contributed by atoms with Gasteiger partial charge < -0.3 is 9.98 Å². The summed E-state index contributed by atoms with van der Waals surface area (Å²) in [7, 11) is 0. The van der Waals surface area contributed by atoms with Crippen molar-refractivity contribution in [3.63, 3.8) is 0 Å². The van der Waals surface area contributed by atoms with Crippen LogP contribution in [0.3, 0.4) is 0 Å². The smallest absolute Gasteiger partial charge is 0.274 e. The molecule has 2 unspecified atom stereocenters. The van der Waals surface area contributed by atoms with Crippen molar-refractivity contribution in [2.24, 2.45) is 16.0 Å². The Kier molecular flexibility index (Phi) is 10.6. The summed E-state index contributed by atoms with van der Waals surface area (Å²) < 4.78 is 12.1. The summed E-state index contributed by atoms with van der Waals surface area (Å²) in [5.74, 6) is 0.342. The van der Waals surface area contributed by atoms with Crippen LogP contribution in [-0.4, -0.2) is 40.2 Å². The number of thioether (sulfide) groups is 1. The molecule has 0 aliphatic rings. The zero-order chi connectivity index (χ0) is 15.5. The van der Waals surface area contributed by atoms with E-state index < -0.39 is 11.2 Å². The lowest BCUT2D eigenvalue weighted by atomic mass is 10.0. The molecular weight excluding hydrogens is 290 g/mol. The van der Waals surface area contributed by atoms with Gasteiger partial charge in [-0.25, -0.2) is 4.99 Å². The molecule has 6 heteroatoms. The first-order valence-electron chi connectivity index (χ1n) is 6.42. The van der Waals surface area contributed by atoms with Crippen molar-refractivity contribution < 1.29 is 4.55 Å². The molecule has 0 rings (SSSR count). The number of aliphatic imine (C=N–C) groups is 1.